The second-order valence-corrected chi connectivity index (χ2v) is 3.50. The molecule has 0 rings (SSSR count). The average Bonchev–Trinajstić information content (AvgIpc) is 2.28. The van der Waals surface area contributed by atoms with E-state index >= 15 is 0 Å². The van der Waals surface area contributed by atoms with Crippen LogP contribution < -0.4 is 0 Å². The number of hydrogen-bond acceptors (Lipinski definition) is 4. The van der Waals surface area contributed by atoms with Gasteiger partial charge in [-0.1, -0.05) is 25.8 Å². The van der Waals surface area contributed by atoms with E-state index in [1.54, 1.807) is 6.92 Å². The van der Waals surface area contributed by atoms with Gasteiger partial charge in [0.05, 0.1) is 19.8 Å². The molecule has 0 fully saturated rings. The fourth-order valence-electron chi connectivity index (χ4n) is 1.08. The van der Waals surface area contributed by atoms with Gasteiger partial charge in [-0.25, -0.2) is 4.79 Å². The Kier molecular flexibility index (Phi) is 10.1. The highest BCUT2D eigenvalue weighted by atomic mass is 16.6. The number of allylic oxidation sites excluding steroid dienone is 1. The molecule has 0 saturated carbocycles. The van der Waals surface area contributed by atoms with Gasteiger partial charge in [-0.2, -0.15) is 0 Å². The van der Waals surface area contributed by atoms with E-state index in [1.165, 1.54) is 0 Å². The zero-order chi connectivity index (χ0) is 12.2. The molecule has 0 aromatic carbocycles. The summed E-state index contributed by atoms with van der Waals surface area (Å²) in [6.07, 6.45) is 5.02. The summed E-state index contributed by atoms with van der Waals surface area (Å²) < 4.78 is 9.93. The monoisotopic (exact) mass is 230 g/mol. The van der Waals surface area contributed by atoms with Crippen LogP contribution in [0.1, 0.15) is 33.1 Å². The highest BCUT2D eigenvalue weighted by Crippen LogP contribution is 2.02. The minimum Gasteiger partial charge on any atom is -0.460 e. The van der Waals surface area contributed by atoms with Gasteiger partial charge in [0.25, 0.3) is 0 Å². The summed E-state index contributed by atoms with van der Waals surface area (Å²) in [5.74, 6) is -0.288. The van der Waals surface area contributed by atoms with Crippen molar-refractivity contribution in [1.82, 2.24) is 0 Å². The van der Waals surface area contributed by atoms with Gasteiger partial charge in [0.2, 0.25) is 0 Å². The van der Waals surface area contributed by atoms with Gasteiger partial charge in [-0.05, 0) is 13.3 Å². The summed E-state index contributed by atoms with van der Waals surface area (Å²) in [6, 6.07) is 0. The Morgan fingerprint density at radius 1 is 1.31 bits per heavy atom. The molecular formula is C12H22O4. The molecule has 0 heterocycles. The number of carbonyl (C=O) groups excluding carboxylic acids is 1. The number of aliphatic hydroxyl groups excluding tert-OH is 1. The molecule has 0 aromatic rings. The Bertz CT molecular complexity index is 211. The predicted molar refractivity (Wildman–Crippen MR) is 62.1 cm³/mol. The fourth-order valence-corrected chi connectivity index (χ4v) is 1.08. The molecule has 0 bridgehead atoms. The maximum atomic E-state index is 11.4. The third-order valence-corrected chi connectivity index (χ3v) is 2.03. The summed E-state index contributed by atoms with van der Waals surface area (Å²) >= 11 is 0. The van der Waals surface area contributed by atoms with E-state index in [-0.39, 0.29) is 25.8 Å². The highest BCUT2D eigenvalue weighted by molar-refractivity contribution is 5.87. The van der Waals surface area contributed by atoms with Crippen LogP contribution in [0.5, 0.6) is 0 Å². The van der Waals surface area contributed by atoms with Crippen LogP contribution in [0.25, 0.3) is 0 Å². The third kappa shape index (κ3) is 8.44. The van der Waals surface area contributed by atoms with Gasteiger partial charge in [0.15, 0.2) is 0 Å². The number of ether oxygens (including phenoxy) is 2. The van der Waals surface area contributed by atoms with Crippen molar-refractivity contribution in [2.45, 2.75) is 33.1 Å². The molecule has 4 heteroatoms. The summed E-state index contributed by atoms with van der Waals surface area (Å²) in [4.78, 5) is 11.4. The molecule has 0 aliphatic heterocycles. The van der Waals surface area contributed by atoms with Gasteiger partial charge < -0.3 is 14.6 Å². The standard InChI is InChI=1S/C12H22O4/c1-3-4-5-6-11(2)12(14)16-10-9-15-8-7-13/h6,13H,3-5,7-10H2,1-2H3. The SMILES string of the molecule is CCCCC=C(C)C(=O)OCCOCCO. The lowest BCUT2D eigenvalue weighted by Gasteiger charge is -2.05. The molecular weight excluding hydrogens is 208 g/mol. The molecule has 0 aromatic heterocycles. The topological polar surface area (TPSA) is 55.8 Å². The fraction of sp³-hybridized carbons (Fsp3) is 0.750. The van der Waals surface area contributed by atoms with Crippen molar-refractivity contribution in [2.24, 2.45) is 0 Å². The molecule has 0 unspecified atom stereocenters. The van der Waals surface area contributed by atoms with Crippen molar-refractivity contribution < 1.29 is 19.4 Å². The molecule has 0 aliphatic carbocycles. The number of unbranched alkanes of at least 4 members (excludes halogenated alkanes) is 2. The van der Waals surface area contributed by atoms with E-state index in [4.69, 9.17) is 14.6 Å². The largest absolute Gasteiger partial charge is 0.460 e. The summed E-state index contributed by atoms with van der Waals surface area (Å²) in [6.45, 7) is 4.70. The van der Waals surface area contributed by atoms with E-state index in [9.17, 15) is 4.79 Å². The first-order valence-corrected chi connectivity index (χ1v) is 5.74. The van der Waals surface area contributed by atoms with Crippen LogP contribution in [-0.2, 0) is 14.3 Å². The number of esters is 1. The lowest BCUT2D eigenvalue weighted by Crippen LogP contribution is -2.12. The first kappa shape index (κ1) is 15.1. The molecule has 1 N–H and O–H groups in total. The van der Waals surface area contributed by atoms with Crippen molar-refractivity contribution in [3.05, 3.63) is 11.6 Å². The first-order chi connectivity index (χ1) is 7.72. The number of aliphatic hydroxyl groups is 1. The van der Waals surface area contributed by atoms with Crippen LogP contribution in [0.3, 0.4) is 0 Å². The van der Waals surface area contributed by atoms with Crippen LogP contribution in [0.15, 0.2) is 11.6 Å². The Hall–Kier alpha value is -0.870. The summed E-state index contributed by atoms with van der Waals surface area (Å²) in [5, 5.41) is 8.44. The van der Waals surface area contributed by atoms with Crippen LogP contribution >= 0.6 is 0 Å². The van der Waals surface area contributed by atoms with Crippen molar-refractivity contribution in [3.8, 4) is 0 Å². The van der Waals surface area contributed by atoms with Crippen LogP contribution in [0.4, 0.5) is 0 Å². The zero-order valence-electron chi connectivity index (χ0n) is 10.2. The van der Waals surface area contributed by atoms with Crippen molar-refractivity contribution in [1.29, 1.82) is 0 Å². The second-order valence-electron chi connectivity index (χ2n) is 3.50. The molecule has 16 heavy (non-hydrogen) atoms. The lowest BCUT2D eigenvalue weighted by atomic mass is 10.2. The van der Waals surface area contributed by atoms with Gasteiger partial charge in [-0.3, -0.25) is 0 Å². The maximum Gasteiger partial charge on any atom is 0.333 e. The predicted octanol–water partition coefficient (Wildman–Crippen LogP) is 1.67. The van der Waals surface area contributed by atoms with Crippen LogP contribution in [-0.4, -0.2) is 37.5 Å². The quantitative estimate of drug-likeness (QED) is 0.372. The van der Waals surface area contributed by atoms with Gasteiger partial charge >= 0.3 is 5.97 Å². The molecule has 0 aliphatic rings. The molecule has 0 spiro atoms. The molecule has 0 saturated heterocycles. The first-order valence-electron chi connectivity index (χ1n) is 5.74. The Morgan fingerprint density at radius 3 is 2.69 bits per heavy atom. The van der Waals surface area contributed by atoms with Gasteiger partial charge in [0, 0.05) is 5.57 Å². The van der Waals surface area contributed by atoms with Gasteiger partial charge in [0.1, 0.15) is 6.61 Å². The smallest absolute Gasteiger partial charge is 0.333 e. The number of rotatable bonds is 9. The lowest BCUT2D eigenvalue weighted by molar-refractivity contribution is -0.140. The molecule has 0 atom stereocenters. The van der Waals surface area contributed by atoms with E-state index in [0.717, 1.165) is 19.3 Å². The highest BCUT2D eigenvalue weighted by Gasteiger charge is 2.04. The number of hydrogen-bond donors (Lipinski definition) is 1. The molecule has 94 valence electrons. The molecule has 0 amide bonds. The maximum absolute atomic E-state index is 11.4. The minimum absolute atomic E-state index is 0.0100. The van der Waals surface area contributed by atoms with E-state index in [0.29, 0.717) is 12.2 Å². The van der Waals surface area contributed by atoms with Crippen molar-refractivity contribution in [2.75, 3.05) is 26.4 Å². The van der Waals surface area contributed by atoms with Gasteiger partial charge in [-0.15, -0.1) is 0 Å². The van der Waals surface area contributed by atoms with Crippen molar-refractivity contribution >= 4 is 5.97 Å². The van der Waals surface area contributed by atoms with E-state index in [2.05, 4.69) is 6.92 Å². The summed E-state index contributed by atoms with van der Waals surface area (Å²) in [7, 11) is 0. The zero-order valence-corrected chi connectivity index (χ0v) is 10.2. The summed E-state index contributed by atoms with van der Waals surface area (Å²) in [5.41, 5.74) is 0.649. The normalized spacial score (nSPS) is 11.6. The van der Waals surface area contributed by atoms with E-state index in [1.807, 2.05) is 6.08 Å². The average molecular weight is 230 g/mol. The molecule has 4 nitrogen and oxygen atoms in total. The third-order valence-electron chi connectivity index (χ3n) is 2.03. The second kappa shape index (κ2) is 10.6. The number of carbonyl (C=O) groups is 1. The van der Waals surface area contributed by atoms with E-state index < -0.39 is 0 Å². The molecule has 0 radical (unpaired) electrons. The van der Waals surface area contributed by atoms with Crippen LogP contribution in [0.2, 0.25) is 0 Å². The Balaban J connectivity index is 3.58. The van der Waals surface area contributed by atoms with Crippen LogP contribution in [0, 0.1) is 0 Å². The Labute approximate surface area is 97.2 Å². The minimum atomic E-state index is -0.288. The van der Waals surface area contributed by atoms with Crippen molar-refractivity contribution in [3.63, 3.8) is 0 Å². The Morgan fingerprint density at radius 2 is 2.06 bits per heavy atom.